The zero-order valence-corrected chi connectivity index (χ0v) is 11.2. The molecule has 0 bridgehead atoms. The van der Waals surface area contributed by atoms with E-state index >= 15 is 0 Å². The second-order valence-corrected chi connectivity index (χ2v) is 5.73. The number of carbonyl (C=O) groups is 1. The van der Waals surface area contributed by atoms with Gasteiger partial charge in [0.05, 0.1) is 0 Å². The monoisotopic (exact) mass is 226 g/mol. The fourth-order valence-corrected chi connectivity index (χ4v) is 2.76. The van der Waals surface area contributed by atoms with Crippen LogP contribution >= 0.6 is 0 Å². The van der Waals surface area contributed by atoms with Crippen molar-refractivity contribution in [1.29, 1.82) is 0 Å². The van der Waals surface area contributed by atoms with Gasteiger partial charge in [0, 0.05) is 6.61 Å². The lowest BCUT2D eigenvalue weighted by atomic mass is 9.66. The molecule has 0 aromatic carbocycles. The van der Waals surface area contributed by atoms with Crippen LogP contribution in [0, 0.1) is 11.3 Å². The number of hydrogen-bond donors (Lipinski definition) is 0. The summed E-state index contributed by atoms with van der Waals surface area (Å²) < 4.78 is 5.65. The van der Waals surface area contributed by atoms with Crippen LogP contribution in [0.2, 0.25) is 0 Å². The lowest BCUT2D eigenvalue weighted by Gasteiger charge is -2.42. The van der Waals surface area contributed by atoms with E-state index < -0.39 is 5.60 Å². The van der Waals surface area contributed by atoms with Crippen molar-refractivity contribution < 1.29 is 9.53 Å². The average molecular weight is 226 g/mol. The Bertz CT molecular complexity index is 225. The fraction of sp³-hybridized carbons (Fsp3) is 0.929. The Morgan fingerprint density at radius 1 is 1.31 bits per heavy atom. The highest BCUT2D eigenvalue weighted by molar-refractivity contribution is 5.62. The summed E-state index contributed by atoms with van der Waals surface area (Å²) in [5, 5.41) is 0. The van der Waals surface area contributed by atoms with Gasteiger partial charge in [0.25, 0.3) is 0 Å². The number of rotatable bonds is 5. The third-order valence-electron chi connectivity index (χ3n) is 4.49. The minimum absolute atomic E-state index is 0.404. The molecule has 0 aromatic rings. The molecule has 0 radical (unpaired) electrons. The Labute approximate surface area is 99.8 Å². The summed E-state index contributed by atoms with van der Waals surface area (Å²) in [6.07, 6.45) is 6.29. The topological polar surface area (TPSA) is 26.3 Å². The fourth-order valence-electron chi connectivity index (χ4n) is 2.76. The average Bonchev–Trinajstić information content (AvgIpc) is 2.30. The van der Waals surface area contributed by atoms with Crippen molar-refractivity contribution in [1.82, 2.24) is 0 Å². The highest BCUT2D eigenvalue weighted by atomic mass is 16.5. The van der Waals surface area contributed by atoms with Gasteiger partial charge in [-0.1, -0.05) is 27.2 Å². The van der Waals surface area contributed by atoms with Gasteiger partial charge in [-0.25, -0.2) is 0 Å². The van der Waals surface area contributed by atoms with Crippen LogP contribution in [0.3, 0.4) is 0 Å². The van der Waals surface area contributed by atoms with Crippen molar-refractivity contribution >= 4 is 6.29 Å². The van der Waals surface area contributed by atoms with Gasteiger partial charge in [0.15, 0.2) is 6.29 Å². The van der Waals surface area contributed by atoms with E-state index in [4.69, 9.17) is 4.74 Å². The van der Waals surface area contributed by atoms with E-state index in [0.29, 0.717) is 12.0 Å². The number of hydrogen-bond acceptors (Lipinski definition) is 2. The normalized spacial score (nSPS) is 31.4. The molecule has 1 aliphatic carbocycles. The molecule has 0 unspecified atom stereocenters. The smallest absolute Gasteiger partial charge is 0.151 e. The van der Waals surface area contributed by atoms with E-state index in [1.54, 1.807) is 0 Å². The predicted octanol–water partition coefficient (Wildman–Crippen LogP) is 3.59. The van der Waals surface area contributed by atoms with Gasteiger partial charge >= 0.3 is 0 Å². The van der Waals surface area contributed by atoms with Crippen molar-refractivity contribution in [3.05, 3.63) is 0 Å². The molecule has 1 fully saturated rings. The van der Waals surface area contributed by atoms with Crippen LogP contribution in [-0.2, 0) is 9.53 Å². The molecule has 2 nitrogen and oxygen atoms in total. The van der Waals surface area contributed by atoms with Crippen LogP contribution in [0.1, 0.15) is 59.8 Å². The Balaban J connectivity index is 2.59. The maximum Gasteiger partial charge on any atom is 0.151 e. The first-order valence-corrected chi connectivity index (χ1v) is 6.60. The summed E-state index contributed by atoms with van der Waals surface area (Å²) in [5.41, 5.74) is -0.0592. The first-order chi connectivity index (χ1) is 7.49. The highest BCUT2D eigenvalue weighted by Crippen LogP contribution is 2.43. The first kappa shape index (κ1) is 13.7. The minimum Gasteiger partial charge on any atom is -0.368 e. The van der Waals surface area contributed by atoms with Crippen LogP contribution in [-0.4, -0.2) is 18.5 Å². The Morgan fingerprint density at radius 3 is 2.25 bits per heavy atom. The molecular formula is C14H26O2. The molecule has 0 N–H and O–H groups in total. The van der Waals surface area contributed by atoms with Crippen molar-refractivity contribution in [2.75, 3.05) is 6.61 Å². The molecule has 0 atom stereocenters. The quantitative estimate of drug-likeness (QED) is 0.670. The zero-order chi connectivity index (χ0) is 12.2. The number of ether oxygens (including phenoxy) is 1. The molecule has 0 aromatic heterocycles. The second-order valence-electron chi connectivity index (χ2n) is 5.73. The molecule has 0 heterocycles. The molecule has 0 spiro atoms. The lowest BCUT2D eigenvalue weighted by Crippen LogP contribution is -2.41. The van der Waals surface area contributed by atoms with E-state index in [0.717, 1.165) is 37.9 Å². The van der Waals surface area contributed by atoms with Gasteiger partial charge < -0.3 is 9.53 Å². The Kier molecular flexibility index (Phi) is 4.54. The van der Waals surface area contributed by atoms with E-state index in [9.17, 15) is 4.79 Å². The van der Waals surface area contributed by atoms with E-state index in [1.807, 2.05) is 6.92 Å². The van der Waals surface area contributed by atoms with Crippen LogP contribution in [0.25, 0.3) is 0 Å². The summed E-state index contributed by atoms with van der Waals surface area (Å²) in [4.78, 5) is 11.2. The Morgan fingerprint density at radius 2 is 1.88 bits per heavy atom. The van der Waals surface area contributed by atoms with Gasteiger partial charge in [-0.2, -0.15) is 0 Å². The minimum atomic E-state index is -0.463. The molecular weight excluding hydrogens is 200 g/mol. The van der Waals surface area contributed by atoms with E-state index in [2.05, 4.69) is 20.8 Å². The van der Waals surface area contributed by atoms with E-state index in [1.165, 1.54) is 6.42 Å². The number of carbonyl (C=O) groups excluding carboxylic acids is 1. The first-order valence-electron chi connectivity index (χ1n) is 6.60. The summed E-state index contributed by atoms with van der Waals surface area (Å²) in [5.74, 6) is 0.742. The molecule has 1 saturated carbocycles. The largest absolute Gasteiger partial charge is 0.368 e. The summed E-state index contributed by atoms with van der Waals surface area (Å²) >= 11 is 0. The molecule has 16 heavy (non-hydrogen) atoms. The number of aldehydes is 1. The lowest BCUT2D eigenvalue weighted by molar-refractivity contribution is -0.138. The summed E-state index contributed by atoms with van der Waals surface area (Å²) in [7, 11) is 0. The summed E-state index contributed by atoms with van der Waals surface area (Å²) in [6, 6.07) is 0. The van der Waals surface area contributed by atoms with Crippen molar-refractivity contribution in [3.63, 3.8) is 0 Å². The van der Waals surface area contributed by atoms with Crippen molar-refractivity contribution in [2.45, 2.75) is 65.4 Å². The second kappa shape index (κ2) is 5.31. The van der Waals surface area contributed by atoms with Crippen LogP contribution in [0.5, 0.6) is 0 Å². The van der Waals surface area contributed by atoms with E-state index in [-0.39, 0.29) is 0 Å². The van der Waals surface area contributed by atoms with Gasteiger partial charge in [-0.15, -0.1) is 0 Å². The van der Waals surface area contributed by atoms with Crippen molar-refractivity contribution in [2.24, 2.45) is 11.3 Å². The maximum atomic E-state index is 11.2. The van der Waals surface area contributed by atoms with Gasteiger partial charge in [-0.05, 0) is 43.9 Å². The Hall–Kier alpha value is -0.370. The van der Waals surface area contributed by atoms with Gasteiger partial charge in [0.2, 0.25) is 0 Å². The van der Waals surface area contributed by atoms with Crippen LogP contribution < -0.4 is 0 Å². The standard InChI is InChI=1S/C14H26O2/c1-5-13(3,4)12-7-9-14(11-15,10-8-12)16-6-2/h11-12H,5-10H2,1-4H3. The molecule has 1 rings (SSSR count). The molecule has 94 valence electrons. The molecule has 0 saturated heterocycles. The summed E-state index contributed by atoms with van der Waals surface area (Å²) in [6.45, 7) is 9.54. The SMILES string of the molecule is CCOC1(C=O)CCC(C(C)(C)CC)CC1. The predicted molar refractivity (Wildman–Crippen MR) is 66.5 cm³/mol. The molecule has 0 amide bonds. The molecule has 1 aliphatic rings. The van der Waals surface area contributed by atoms with Crippen LogP contribution in [0.4, 0.5) is 0 Å². The van der Waals surface area contributed by atoms with Gasteiger partial charge in [-0.3, -0.25) is 0 Å². The molecule has 2 heteroatoms. The maximum absolute atomic E-state index is 11.2. The zero-order valence-electron chi connectivity index (χ0n) is 11.2. The van der Waals surface area contributed by atoms with Gasteiger partial charge in [0.1, 0.15) is 5.60 Å². The third-order valence-corrected chi connectivity index (χ3v) is 4.49. The highest BCUT2D eigenvalue weighted by Gasteiger charge is 2.39. The van der Waals surface area contributed by atoms with Crippen molar-refractivity contribution in [3.8, 4) is 0 Å². The third kappa shape index (κ3) is 2.85. The molecule has 0 aliphatic heterocycles. The van der Waals surface area contributed by atoms with Crippen LogP contribution in [0.15, 0.2) is 0 Å².